The van der Waals surface area contributed by atoms with E-state index in [9.17, 15) is 13.2 Å². The van der Waals surface area contributed by atoms with Crippen molar-refractivity contribution in [2.75, 3.05) is 11.9 Å². The minimum absolute atomic E-state index is 0.104. The van der Waals surface area contributed by atoms with E-state index in [2.05, 4.69) is 12.2 Å². The molecule has 0 unspecified atom stereocenters. The van der Waals surface area contributed by atoms with Gasteiger partial charge in [-0.05, 0) is 24.6 Å². The van der Waals surface area contributed by atoms with Crippen LogP contribution in [0.25, 0.3) is 0 Å². The van der Waals surface area contributed by atoms with Crippen molar-refractivity contribution in [1.82, 2.24) is 0 Å². The fourth-order valence-electron chi connectivity index (χ4n) is 2.17. The molecule has 21 heavy (non-hydrogen) atoms. The van der Waals surface area contributed by atoms with Gasteiger partial charge in [0.15, 0.2) is 0 Å². The summed E-state index contributed by atoms with van der Waals surface area (Å²) in [5.74, 6) is 0. The third kappa shape index (κ3) is 7.60. The highest BCUT2D eigenvalue weighted by Gasteiger charge is 2.31. The second-order valence-corrected chi connectivity index (χ2v) is 5.71. The van der Waals surface area contributed by atoms with Gasteiger partial charge in [0.2, 0.25) is 0 Å². The molecule has 0 aliphatic rings. The number of halogens is 4. The zero-order valence-electron chi connectivity index (χ0n) is 12.4. The average Bonchev–Trinajstić information content (AvgIpc) is 2.40. The van der Waals surface area contributed by atoms with Gasteiger partial charge < -0.3 is 5.32 Å². The third-order valence-electron chi connectivity index (χ3n) is 3.33. The number of rotatable bonds is 9. The second kappa shape index (κ2) is 9.19. The van der Waals surface area contributed by atoms with Gasteiger partial charge in [-0.3, -0.25) is 0 Å². The van der Waals surface area contributed by atoms with E-state index >= 15 is 0 Å². The van der Waals surface area contributed by atoms with Crippen molar-refractivity contribution < 1.29 is 13.2 Å². The zero-order chi connectivity index (χ0) is 15.7. The van der Waals surface area contributed by atoms with E-state index in [1.807, 2.05) is 0 Å². The highest BCUT2D eigenvalue weighted by Crippen LogP contribution is 2.33. The molecule has 1 N–H and O–H groups in total. The van der Waals surface area contributed by atoms with Crippen LogP contribution in [-0.2, 0) is 6.18 Å². The molecule has 0 aliphatic heterocycles. The molecule has 5 heteroatoms. The Hall–Kier alpha value is -0.900. The molecule has 0 atom stereocenters. The Balaban J connectivity index is 2.31. The predicted octanol–water partition coefficient (Wildman–Crippen LogP) is 6.52. The summed E-state index contributed by atoms with van der Waals surface area (Å²) in [5.41, 5.74) is -0.280. The summed E-state index contributed by atoms with van der Waals surface area (Å²) < 4.78 is 38.0. The SMILES string of the molecule is CCCCCCCCCNc1cc(Cl)cc(C(F)(F)F)c1. The first-order valence-electron chi connectivity index (χ1n) is 7.55. The molecular weight excluding hydrogens is 299 g/mol. The average molecular weight is 322 g/mol. The fourth-order valence-corrected chi connectivity index (χ4v) is 2.41. The van der Waals surface area contributed by atoms with E-state index in [-0.39, 0.29) is 5.02 Å². The van der Waals surface area contributed by atoms with Crippen molar-refractivity contribution in [2.45, 2.75) is 58.0 Å². The van der Waals surface area contributed by atoms with Crippen molar-refractivity contribution in [3.05, 3.63) is 28.8 Å². The van der Waals surface area contributed by atoms with Gasteiger partial charge in [0, 0.05) is 17.3 Å². The van der Waals surface area contributed by atoms with E-state index < -0.39 is 11.7 Å². The molecular formula is C16H23ClF3N. The van der Waals surface area contributed by atoms with Crippen molar-refractivity contribution >= 4 is 17.3 Å². The molecule has 0 spiro atoms. The second-order valence-electron chi connectivity index (χ2n) is 5.27. The first-order valence-corrected chi connectivity index (χ1v) is 7.93. The molecule has 0 radical (unpaired) electrons. The van der Waals surface area contributed by atoms with Gasteiger partial charge in [-0.2, -0.15) is 13.2 Å². The van der Waals surface area contributed by atoms with E-state index in [1.54, 1.807) is 0 Å². The van der Waals surface area contributed by atoms with E-state index in [0.29, 0.717) is 12.2 Å². The number of hydrogen-bond acceptors (Lipinski definition) is 1. The lowest BCUT2D eigenvalue weighted by molar-refractivity contribution is -0.137. The number of unbranched alkanes of at least 4 members (excludes halogenated alkanes) is 6. The Morgan fingerprint density at radius 2 is 1.57 bits per heavy atom. The first kappa shape index (κ1) is 18.1. The molecule has 0 amide bonds. The molecule has 0 bridgehead atoms. The van der Waals surface area contributed by atoms with Crippen molar-refractivity contribution in [1.29, 1.82) is 0 Å². The van der Waals surface area contributed by atoms with Gasteiger partial charge in [0.25, 0.3) is 0 Å². The lowest BCUT2D eigenvalue weighted by atomic mass is 10.1. The lowest BCUT2D eigenvalue weighted by Gasteiger charge is -2.11. The molecule has 0 fully saturated rings. The van der Waals surface area contributed by atoms with E-state index in [0.717, 1.165) is 25.0 Å². The van der Waals surface area contributed by atoms with Crippen molar-refractivity contribution in [2.24, 2.45) is 0 Å². The van der Waals surface area contributed by atoms with E-state index in [1.165, 1.54) is 38.2 Å². The van der Waals surface area contributed by atoms with Gasteiger partial charge in [-0.1, -0.05) is 57.0 Å². The summed E-state index contributed by atoms with van der Waals surface area (Å²) in [5, 5.41) is 3.12. The van der Waals surface area contributed by atoms with Crippen LogP contribution in [0.5, 0.6) is 0 Å². The molecule has 1 nitrogen and oxygen atoms in total. The largest absolute Gasteiger partial charge is 0.416 e. The summed E-state index contributed by atoms with van der Waals surface area (Å²) in [6, 6.07) is 3.58. The van der Waals surface area contributed by atoms with Crippen molar-refractivity contribution in [3.8, 4) is 0 Å². The Morgan fingerprint density at radius 1 is 0.952 bits per heavy atom. The molecule has 0 heterocycles. The smallest absolute Gasteiger partial charge is 0.385 e. The molecule has 1 aromatic rings. The maximum atomic E-state index is 12.7. The maximum absolute atomic E-state index is 12.7. The van der Waals surface area contributed by atoms with Crippen LogP contribution in [0.3, 0.4) is 0 Å². The summed E-state index contributed by atoms with van der Waals surface area (Å²) in [4.78, 5) is 0. The molecule has 0 aromatic heterocycles. The number of anilines is 1. The van der Waals surface area contributed by atoms with Crippen LogP contribution in [0.2, 0.25) is 5.02 Å². The summed E-state index contributed by atoms with van der Waals surface area (Å²) in [6.07, 6.45) is 3.91. The number of benzene rings is 1. The molecule has 120 valence electrons. The normalized spacial score (nSPS) is 11.7. The van der Waals surface area contributed by atoms with Crippen LogP contribution in [0, 0.1) is 0 Å². The fraction of sp³-hybridized carbons (Fsp3) is 0.625. The van der Waals surface area contributed by atoms with Gasteiger partial charge >= 0.3 is 6.18 Å². The highest BCUT2D eigenvalue weighted by molar-refractivity contribution is 6.30. The Morgan fingerprint density at radius 3 is 2.19 bits per heavy atom. The number of alkyl halides is 3. The first-order chi connectivity index (χ1) is 9.93. The Kier molecular flexibility index (Phi) is 7.94. The maximum Gasteiger partial charge on any atom is 0.416 e. The van der Waals surface area contributed by atoms with Crippen LogP contribution in [0.1, 0.15) is 57.4 Å². The minimum Gasteiger partial charge on any atom is -0.385 e. The van der Waals surface area contributed by atoms with Crippen molar-refractivity contribution in [3.63, 3.8) is 0 Å². The van der Waals surface area contributed by atoms with Gasteiger partial charge in [0.1, 0.15) is 0 Å². The van der Waals surface area contributed by atoms with Gasteiger partial charge in [0.05, 0.1) is 5.56 Å². The number of nitrogens with one attached hydrogen (secondary N) is 1. The molecule has 1 rings (SSSR count). The summed E-state index contributed by atoms with van der Waals surface area (Å²) >= 11 is 5.73. The topological polar surface area (TPSA) is 12.0 Å². The monoisotopic (exact) mass is 321 g/mol. The predicted molar refractivity (Wildman–Crippen MR) is 82.9 cm³/mol. The summed E-state index contributed by atoms with van der Waals surface area (Å²) in [6.45, 7) is 2.86. The molecule has 0 aliphatic carbocycles. The van der Waals surface area contributed by atoms with Crippen LogP contribution in [0.15, 0.2) is 18.2 Å². The minimum atomic E-state index is -4.36. The van der Waals surface area contributed by atoms with E-state index in [4.69, 9.17) is 11.6 Å². The van der Waals surface area contributed by atoms with Gasteiger partial charge in [-0.15, -0.1) is 0 Å². The Labute approximate surface area is 129 Å². The molecule has 0 saturated carbocycles. The van der Waals surface area contributed by atoms with Crippen LogP contribution >= 0.6 is 11.6 Å². The number of hydrogen-bond donors (Lipinski definition) is 1. The van der Waals surface area contributed by atoms with Gasteiger partial charge in [-0.25, -0.2) is 0 Å². The zero-order valence-corrected chi connectivity index (χ0v) is 13.2. The van der Waals surface area contributed by atoms with Crippen LogP contribution < -0.4 is 5.32 Å². The Bertz CT molecular complexity index is 418. The third-order valence-corrected chi connectivity index (χ3v) is 3.55. The molecule has 0 saturated heterocycles. The molecule has 1 aromatic carbocycles. The quantitative estimate of drug-likeness (QED) is 0.510. The standard InChI is InChI=1S/C16H23ClF3N/c1-2-3-4-5-6-7-8-9-21-15-11-13(16(18,19)20)10-14(17)12-15/h10-12,21H,2-9H2,1H3. The highest BCUT2D eigenvalue weighted by atomic mass is 35.5. The lowest BCUT2D eigenvalue weighted by Crippen LogP contribution is -2.07. The van der Waals surface area contributed by atoms with Crippen LogP contribution in [0.4, 0.5) is 18.9 Å². The van der Waals surface area contributed by atoms with Crippen LogP contribution in [-0.4, -0.2) is 6.54 Å². The summed E-state index contributed by atoms with van der Waals surface area (Å²) in [7, 11) is 0.